The Hall–Kier alpha value is -1.43. The molecule has 0 aliphatic rings. The molecule has 0 saturated heterocycles. The highest BCUT2D eigenvalue weighted by molar-refractivity contribution is 6.33. The second-order valence-corrected chi connectivity index (χ2v) is 2.99. The summed E-state index contributed by atoms with van der Waals surface area (Å²) in [5.41, 5.74) is 4.44. The average molecular weight is 237 g/mol. The topological polar surface area (TPSA) is 65.2 Å². The summed E-state index contributed by atoms with van der Waals surface area (Å²) >= 11 is 5.57. The molecular formula is C8H7ClF2N2O2. The maximum atomic E-state index is 12.3. The standard InChI is InChI=1S/C8H7ClF2N2O2/c1-15-8(14)5-4(9)2-3(6(10)11)7(12)13-5/h2,6H,1H3,(H2,12,13). The summed E-state index contributed by atoms with van der Waals surface area (Å²) in [6.07, 6.45) is -2.79. The van der Waals surface area contributed by atoms with Gasteiger partial charge in [-0.1, -0.05) is 11.6 Å². The van der Waals surface area contributed by atoms with Crippen molar-refractivity contribution in [3.63, 3.8) is 0 Å². The summed E-state index contributed by atoms with van der Waals surface area (Å²) in [5.74, 6) is -1.26. The van der Waals surface area contributed by atoms with Crippen molar-refractivity contribution < 1.29 is 18.3 Å². The zero-order valence-corrected chi connectivity index (χ0v) is 8.39. The first-order valence-corrected chi connectivity index (χ1v) is 4.17. The fraction of sp³-hybridized carbons (Fsp3) is 0.250. The molecule has 0 radical (unpaired) electrons. The molecule has 0 spiro atoms. The third-order valence-electron chi connectivity index (χ3n) is 1.65. The van der Waals surface area contributed by atoms with E-state index in [0.717, 1.165) is 13.2 Å². The van der Waals surface area contributed by atoms with E-state index in [1.807, 2.05) is 0 Å². The van der Waals surface area contributed by atoms with Crippen molar-refractivity contribution in [2.45, 2.75) is 6.43 Å². The SMILES string of the molecule is COC(=O)c1nc(N)c(C(F)F)cc1Cl. The summed E-state index contributed by atoms with van der Waals surface area (Å²) in [5, 5.41) is -0.216. The van der Waals surface area contributed by atoms with Gasteiger partial charge in [0.05, 0.1) is 17.7 Å². The number of pyridine rings is 1. The maximum absolute atomic E-state index is 12.3. The van der Waals surface area contributed by atoms with Gasteiger partial charge in [-0.25, -0.2) is 18.6 Å². The van der Waals surface area contributed by atoms with Crippen LogP contribution in [-0.2, 0) is 4.74 Å². The lowest BCUT2D eigenvalue weighted by molar-refractivity contribution is 0.0594. The molecule has 0 aromatic carbocycles. The molecule has 0 aliphatic carbocycles. The molecule has 0 saturated carbocycles. The molecule has 0 atom stereocenters. The highest BCUT2D eigenvalue weighted by Crippen LogP contribution is 2.28. The van der Waals surface area contributed by atoms with E-state index >= 15 is 0 Å². The van der Waals surface area contributed by atoms with Gasteiger partial charge in [0.2, 0.25) is 0 Å². The zero-order valence-electron chi connectivity index (χ0n) is 7.63. The first-order chi connectivity index (χ1) is 6.97. The Labute approximate surface area is 89.0 Å². The molecule has 4 nitrogen and oxygen atoms in total. The van der Waals surface area contributed by atoms with Crippen LogP contribution >= 0.6 is 11.6 Å². The highest BCUT2D eigenvalue weighted by Gasteiger charge is 2.19. The minimum Gasteiger partial charge on any atom is -0.464 e. The molecule has 1 rings (SSSR count). The Kier molecular flexibility index (Phi) is 3.41. The van der Waals surface area contributed by atoms with E-state index in [4.69, 9.17) is 17.3 Å². The molecule has 0 amide bonds. The monoisotopic (exact) mass is 236 g/mol. The number of anilines is 1. The van der Waals surface area contributed by atoms with Gasteiger partial charge in [0.25, 0.3) is 6.43 Å². The van der Waals surface area contributed by atoms with Gasteiger partial charge >= 0.3 is 5.97 Å². The molecule has 0 aliphatic heterocycles. The van der Waals surface area contributed by atoms with Gasteiger partial charge < -0.3 is 10.5 Å². The van der Waals surface area contributed by atoms with Crippen LogP contribution in [0.15, 0.2) is 6.07 Å². The van der Waals surface area contributed by atoms with Crippen LogP contribution in [0.4, 0.5) is 14.6 Å². The van der Waals surface area contributed by atoms with Crippen molar-refractivity contribution in [2.24, 2.45) is 0 Å². The number of nitrogen functional groups attached to an aromatic ring is 1. The predicted octanol–water partition coefficient (Wildman–Crippen LogP) is 2.04. The minimum absolute atomic E-state index is 0.216. The summed E-state index contributed by atoms with van der Waals surface area (Å²) in [7, 11) is 1.12. The van der Waals surface area contributed by atoms with Crippen LogP contribution in [0.2, 0.25) is 5.02 Å². The van der Waals surface area contributed by atoms with Crippen LogP contribution in [0.1, 0.15) is 22.5 Å². The molecule has 1 aromatic rings. The Morgan fingerprint density at radius 1 is 1.67 bits per heavy atom. The number of hydrogen-bond acceptors (Lipinski definition) is 4. The van der Waals surface area contributed by atoms with E-state index < -0.39 is 23.8 Å². The van der Waals surface area contributed by atoms with Crippen LogP contribution in [0.25, 0.3) is 0 Å². The van der Waals surface area contributed by atoms with E-state index in [0.29, 0.717) is 0 Å². The van der Waals surface area contributed by atoms with Crippen molar-refractivity contribution >= 4 is 23.4 Å². The van der Waals surface area contributed by atoms with Gasteiger partial charge in [0.15, 0.2) is 5.69 Å². The molecule has 7 heteroatoms. The van der Waals surface area contributed by atoms with Gasteiger partial charge in [-0.15, -0.1) is 0 Å². The third-order valence-corrected chi connectivity index (χ3v) is 1.94. The van der Waals surface area contributed by atoms with Gasteiger partial charge in [-0.2, -0.15) is 0 Å². The second kappa shape index (κ2) is 4.39. The quantitative estimate of drug-likeness (QED) is 0.798. The molecule has 0 fully saturated rings. The van der Waals surface area contributed by atoms with E-state index in [1.54, 1.807) is 0 Å². The van der Waals surface area contributed by atoms with Crippen molar-refractivity contribution in [1.29, 1.82) is 0 Å². The third kappa shape index (κ3) is 2.33. The van der Waals surface area contributed by atoms with Gasteiger partial charge in [-0.05, 0) is 6.07 Å². The van der Waals surface area contributed by atoms with E-state index in [2.05, 4.69) is 9.72 Å². The molecule has 0 unspecified atom stereocenters. The molecular weight excluding hydrogens is 230 g/mol. The summed E-state index contributed by atoms with van der Waals surface area (Å²) < 4.78 is 29.0. The number of halogens is 3. The van der Waals surface area contributed by atoms with Crippen molar-refractivity contribution in [3.8, 4) is 0 Å². The summed E-state index contributed by atoms with van der Waals surface area (Å²) in [4.78, 5) is 14.5. The van der Waals surface area contributed by atoms with Crippen LogP contribution in [0.5, 0.6) is 0 Å². The number of hydrogen-bond donors (Lipinski definition) is 1. The minimum atomic E-state index is -2.79. The Bertz CT molecular complexity index is 398. The number of ether oxygens (including phenoxy) is 1. The summed E-state index contributed by atoms with van der Waals surface area (Å²) in [6, 6.07) is 0.904. The molecule has 1 heterocycles. The van der Waals surface area contributed by atoms with Crippen molar-refractivity contribution in [1.82, 2.24) is 4.98 Å². The first kappa shape index (κ1) is 11.6. The highest BCUT2D eigenvalue weighted by atomic mass is 35.5. The molecule has 1 aromatic heterocycles. The lowest BCUT2D eigenvalue weighted by Gasteiger charge is -2.07. The Morgan fingerprint density at radius 2 is 2.27 bits per heavy atom. The van der Waals surface area contributed by atoms with E-state index in [9.17, 15) is 13.6 Å². The van der Waals surface area contributed by atoms with Crippen LogP contribution in [0.3, 0.4) is 0 Å². The van der Waals surface area contributed by atoms with Crippen molar-refractivity contribution in [2.75, 3.05) is 12.8 Å². The normalized spacial score (nSPS) is 10.5. The average Bonchev–Trinajstić information content (AvgIpc) is 2.19. The number of alkyl halides is 2. The largest absolute Gasteiger partial charge is 0.464 e. The number of rotatable bonds is 2. The number of carbonyl (C=O) groups is 1. The lowest BCUT2D eigenvalue weighted by atomic mass is 10.2. The Balaban J connectivity index is 3.25. The number of nitrogens with two attached hydrogens (primary N) is 1. The van der Waals surface area contributed by atoms with Crippen LogP contribution in [-0.4, -0.2) is 18.1 Å². The fourth-order valence-corrected chi connectivity index (χ4v) is 1.17. The number of esters is 1. The maximum Gasteiger partial charge on any atom is 0.358 e. The molecule has 82 valence electrons. The van der Waals surface area contributed by atoms with E-state index in [-0.39, 0.29) is 10.7 Å². The molecule has 2 N–H and O–H groups in total. The predicted molar refractivity (Wildman–Crippen MR) is 50.0 cm³/mol. The van der Waals surface area contributed by atoms with Gasteiger partial charge in [0.1, 0.15) is 5.82 Å². The second-order valence-electron chi connectivity index (χ2n) is 2.59. The van der Waals surface area contributed by atoms with E-state index in [1.165, 1.54) is 0 Å². The number of methoxy groups -OCH3 is 1. The van der Waals surface area contributed by atoms with Gasteiger partial charge in [-0.3, -0.25) is 0 Å². The smallest absolute Gasteiger partial charge is 0.358 e. The van der Waals surface area contributed by atoms with Crippen molar-refractivity contribution in [3.05, 3.63) is 22.3 Å². The summed E-state index contributed by atoms with van der Waals surface area (Å²) in [6.45, 7) is 0. The van der Waals surface area contributed by atoms with Gasteiger partial charge in [0, 0.05) is 0 Å². The fourth-order valence-electron chi connectivity index (χ4n) is 0.932. The van der Waals surface area contributed by atoms with Crippen LogP contribution < -0.4 is 5.73 Å². The lowest BCUT2D eigenvalue weighted by Crippen LogP contribution is -2.09. The molecule has 15 heavy (non-hydrogen) atoms. The number of carbonyl (C=O) groups excluding carboxylic acids is 1. The first-order valence-electron chi connectivity index (χ1n) is 3.79. The van der Waals surface area contributed by atoms with Crippen LogP contribution in [0, 0.1) is 0 Å². The zero-order chi connectivity index (χ0) is 11.6. The number of aromatic nitrogens is 1. The number of nitrogens with zero attached hydrogens (tertiary/aromatic N) is 1. The Morgan fingerprint density at radius 3 is 2.73 bits per heavy atom. The molecule has 0 bridgehead atoms.